The summed E-state index contributed by atoms with van der Waals surface area (Å²) in [5.41, 5.74) is 0. The lowest BCUT2D eigenvalue weighted by Crippen LogP contribution is -2.25. The van der Waals surface area contributed by atoms with Crippen molar-refractivity contribution in [2.45, 2.75) is 13.8 Å². The van der Waals surface area contributed by atoms with Crippen LogP contribution in [0.15, 0.2) is 0 Å². The zero-order valence-electron chi connectivity index (χ0n) is 9.36. The van der Waals surface area contributed by atoms with Gasteiger partial charge in [-0.15, -0.1) is 0 Å². The molecule has 0 bridgehead atoms. The second-order valence-electron chi connectivity index (χ2n) is 3.24. The predicted molar refractivity (Wildman–Crippen MR) is 56.3 cm³/mol. The Hall–Kier alpha value is -0.620. The lowest BCUT2D eigenvalue weighted by molar-refractivity contribution is -0.144. The average molecular weight is 238 g/mol. The molecule has 90 valence electrons. The SMILES string of the molecule is CCOCCS(=O)(=O)CC(C)C(=O)OC. The number of rotatable bonds is 7. The van der Waals surface area contributed by atoms with Gasteiger partial charge >= 0.3 is 5.97 Å². The first-order chi connectivity index (χ1) is 6.93. The molecule has 5 nitrogen and oxygen atoms in total. The first-order valence-corrected chi connectivity index (χ1v) is 6.61. The third kappa shape index (κ3) is 6.46. The Morgan fingerprint density at radius 2 is 2.00 bits per heavy atom. The number of methoxy groups -OCH3 is 1. The highest BCUT2D eigenvalue weighted by molar-refractivity contribution is 7.91. The Kier molecular flexibility index (Phi) is 6.51. The standard InChI is InChI=1S/C9H18O5S/c1-4-14-5-6-15(11,12)7-8(2)9(10)13-3/h8H,4-7H2,1-3H3. The van der Waals surface area contributed by atoms with Crippen LogP contribution >= 0.6 is 0 Å². The average Bonchev–Trinajstić information content (AvgIpc) is 2.16. The zero-order chi connectivity index (χ0) is 11.9. The van der Waals surface area contributed by atoms with Crippen molar-refractivity contribution < 1.29 is 22.7 Å². The summed E-state index contributed by atoms with van der Waals surface area (Å²) >= 11 is 0. The fourth-order valence-electron chi connectivity index (χ4n) is 1.06. The fraction of sp³-hybridized carbons (Fsp3) is 0.889. The summed E-state index contributed by atoms with van der Waals surface area (Å²) in [6, 6.07) is 0. The van der Waals surface area contributed by atoms with Crippen LogP contribution in [-0.2, 0) is 24.1 Å². The molecule has 0 aromatic carbocycles. The number of hydrogen-bond acceptors (Lipinski definition) is 5. The third-order valence-corrected chi connectivity index (χ3v) is 3.65. The Morgan fingerprint density at radius 3 is 2.47 bits per heavy atom. The van der Waals surface area contributed by atoms with E-state index in [0.717, 1.165) is 0 Å². The minimum absolute atomic E-state index is 0.0534. The van der Waals surface area contributed by atoms with E-state index in [4.69, 9.17) is 4.74 Å². The van der Waals surface area contributed by atoms with Crippen LogP contribution in [0.25, 0.3) is 0 Å². The van der Waals surface area contributed by atoms with Gasteiger partial charge in [-0.2, -0.15) is 0 Å². The normalized spacial score (nSPS) is 13.5. The summed E-state index contributed by atoms with van der Waals surface area (Å²) in [6.45, 7) is 3.99. The molecule has 0 heterocycles. The van der Waals surface area contributed by atoms with Gasteiger partial charge in [-0.05, 0) is 6.92 Å². The Morgan fingerprint density at radius 1 is 1.40 bits per heavy atom. The van der Waals surface area contributed by atoms with Crippen molar-refractivity contribution in [1.29, 1.82) is 0 Å². The van der Waals surface area contributed by atoms with Gasteiger partial charge in [0.05, 0.1) is 31.1 Å². The maximum atomic E-state index is 11.4. The fourth-order valence-corrected chi connectivity index (χ4v) is 2.50. The Balaban J connectivity index is 4.08. The molecule has 0 aliphatic rings. The van der Waals surface area contributed by atoms with Crippen LogP contribution in [0.4, 0.5) is 0 Å². The van der Waals surface area contributed by atoms with E-state index in [2.05, 4.69) is 4.74 Å². The molecule has 0 fully saturated rings. The molecule has 0 aliphatic heterocycles. The van der Waals surface area contributed by atoms with Crippen molar-refractivity contribution >= 4 is 15.8 Å². The van der Waals surface area contributed by atoms with Gasteiger partial charge in [0.15, 0.2) is 9.84 Å². The number of carbonyl (C=O) groups is 1. The van der Waals surface area contributed by atoms with Gasteiger partial charge in [0, 0.05) is 6.61 Å². The van der Waals surface area contributed by atoms with Crippen LogP contribution in [0.3, 0.4) is 0 Å². The largest absolute Gasteiger partial charge is 0.469 e. The molecular formula is C9H18O5S. The second-order valence-corrected chi connectivity index (χ2v) is 5.46. The molecule has 0 aromatic heterocycles. The van der Waals surface area contributed by atoms with Crippen molar-refractivity contribution in [3.8, 4) is 0 Å². The van der Waals surface area contributed by atoms with Crippen LogP contribution in [-0.4, -0.2) is 46.2 Å². The topological polar surface area (TPSA) is 69.7 Å². The molecule has 1 unspecified atom stereocenters. The van der Waals surface area contributed by atoms with Gasteiger partial charge < -0.3 is 9.47 Å². The van der Waals surface area contributed by atoms with Crippen molar-refractivity contribution in [2.75, 3.05) is 31.8 Å². The van der Waals surface area contributed by atoms with E-state index in [1.165, 1.54) is 14.0 Å². The highest BCUT2D eigenvalue weighted by atomic mass is 32.2. The number of sulfone groups is 1. The molecule has 0 N–H and O–H groups in total. The summed E-state index contributed by atoms with van der Waals surface area (Å²) in [4.78, 5) is 11.0. The molecule has 0 rings (SSSR count). The lowest BCUT2D eigenvalue weighted by Gasteiger charge is -2.09. The molecule has 0 radical (unpaired) electrons. The molecule has 6 heteroatoms. The Labute approximate surface area is 90.7 Å². The van der Waals surface area contributed by atoms with Gasteiger partial charge in [-0.3, -0.25) is 4.79 Å². The molecular weight excluding hydrogens is 220 g/mol. The minimum atomic E-state index is -3.23. The molecule has 0 aliphatic carbocycles. The van der Waals surface area contributed by atoms with Crippen molar-refractivity contribution in [3.63, 3.8) is 0 Å². The van der Waals surface area contributed by atoms with Crippen LogP contribution < -0.4 is 0 Å². The van der Waals surface area contributed by atoms with E-state index in [1.807, 2.05) is 0 Å². The maximum absolute atomic E-state index is 11.4. The van der Waals surface area contributed by atoms with Crippen molar-refractivity contribution in [1.82, 2.24) is 0 Å². The number of ether oxygens (including phenoxy) is 2. The number of carbonyl (C=O) groups excluding carboxylic acids is 1. The van der Waals surface area contributed by atoms with E-state index < -0.39 is 21.7 Å². The third-order valence-electron chi connectivity index (χ3n) is 1.85. The van der Waals surface area contributed by atoms with Crippen LogP contribution in [0.2, 0.25) is 0 Å². The van der Waals surface area contributed by atoms with E-state index >= 15 is 0 Å². The van der Waals surface area contributed by atoms with E-state index in [9.17, 15) is 13.2 Å². The van der Waals surface area contributed by atoms with Crippen LogP contribution in [0.5, 0.6) is 0 Å². The quantitative estimate of drug-likeness (QED) is 0.469. The summed E-state index contributed by atoms with van der Waals surface area (Å²) < 4.78 is 32.3. The van der Waals surface area contributed by atoms with Gasteiger partial charge in [0.2, 0.25) is 0 Å². The summed E-state index contributed by atoms with van der Waals surface area (Å²) in [7, 11) is -1.99. The Bertz CT molecular complexity index is 283. The van der Waals surface area contributed by atoms with E-state index in [0.29, 0.717) is 6.61 Å². The molecule has 0 saturated carbocycles. The smallest absolute Gasteiger partial charge is 0.309 e. The van der Waals surface area contributed by atoms with Crippen LogP contribution in [0, 0.1) is 5.92 Å². The van der Waals surface area contributed by atoms with Gasteiger partial charge in [-0.1, -0.05) is 6.92 Å². The number of hydrogen-bond donors (Lipinski definition) is 0. The van der Waals surface area contributed by atoms with E-state index in [-0.39, 0.29) is 18.1 Å². The summed E-state index contributed by atoms with van der Waals surface area (Å²) in [6.07, 6.45) is 0. The first kappa shape index (κ1) is 14.4. The zero-order valence-corrected chi connectivity index (χ0v) is 10.2. The molecule has 15 heavy (non-hydrogen) atoms. The first-order valence-electron chi connectivity index (χ1n) is 4.79. The van der Waals surface area contributed by atoms with E-state index in [1.54, 1.807) is 6.92 Å². The number of esters is 1. The molecule has 0 amide bonds. The lowest BCUT2D eigenvalue weighted by atomic mass is 10.2. The van der Waals surface area contributed by atoms with Crippen LogP contribution in [0.1, 0.15) is 13.8 Å². The molecule has 1 atom stereocenters. The molecule has 0 saturated heterocycles. The van der Waals surface area contributed by atoms with Gasteiger partial charge in [0.25, 0.3) is 0 Å². The second kappa shape index (κ2) is 6.79. The monoisotopic (exact) mass is 238 g/mol. The molecule has 0 aromatic rings. The highest BCUT2D eigenvalue weighted by Gasteiger charge is 2.21. The summed E-state index contributed by atoms with van der Waals surface area (Å²) in [5, 5.41) is 0. The van der Waals surface area contributed by atoms with Gasteiger partial charge in [0.1, 0.15) is 0 Å². The predicted octanol–water partition coefficient (Wildman–Crippen LogP) is 0.247. The van der Waals surface area contributed by atoms with Crippen molar-refractivity contribution in [3.05, 3.63) is 0 Å². The van der Waals surface area contributed by atoms with Gasteiger partial charge in [-0.25, -0.2) is 8.42 Å². The maximum Gasteiger partial charge on any atom is 0.309 e. The van der Waals surface area contributed by atoms with Crippen molar-refractivity contribution in [2.24, 2.45) is 5.92 Å². The molecule has 0 spiro atoms. The summed E-state index contributed by atoms with van der Waals surface area (Å²) in [5.74, 6) is -1.37. The minimum Gasteiger partial charge on any atom is -0.469 e. The highest BCUT2D eigenvalue weighted by Crippen LogP contribution is 2.04.